The molecule has 2 rings (SSSR count). The van der Waals surface area contributed by atoms with Crippen LogP contribution < -0.4 is 10.2 Å². The Bertz CT molecular complexity index is 367. The van der Waals surface area contributed by atoms with E-state index in [1.807, 2.05) is 0 Å². The number of nitrogens with one attached hydrogen (secondary N) is 1. The van der Waals surface area contributed by atoms with Gasteiger partial charge in [-0.05, 0) is 25.8 Å². The van der Waals surface area contributed by atoms with Crippen molar-refractivity contribution in [3.8, 4) is 0 Å². The van der Waals surface area contributed by atoms with Crippen LogP contribution in [0.2, 0.25) is 0 Å². The molecule has 6 heteroatoms. The minimum absolute atomic E-state index is 0.562. The van der Waals surface area contributed by atoms with E-state index < -0.39 is 0 Å². The Balaban J connectivity index is 1.86. The smallest absolute Gasteiger partial charge is 0.318 e. The molecule has 1 saturated heterocycles. The van der Waals surface area contributed by atoms with E-state index in [-0.39, 0.29) is 0 Å². The second-order valence-corrected chi connectivity index (χ2v) is 5.06. The van der Waals surface area contributed by atoms with Crippen molar-refractivity contribution >= 4 is 6.01 Å². The van der Waals surface area contributed by atoms with E-state index in [1.54, 1.807) is 7.11 Å². The molecule has 0 saturated carbocycles. The van der Waals surface area contributed by atoms with Crippen LogP contribution in [0.1, 0.15) is 32.1 Å². The van der Waals surface area contributed by atoms with Crippen molar-refractivity contribution in [2.75, 3.05) is 38.3 Å². The Kier molecular flexibility index (Phi) is 5.60. The molecule has 1 fully saturated rings. The van der Waals surface area contributed by atoms with Crippen molar-refractivity contribution < 1.29 is 9.15 Å². The number of hydrogen-bond acceptors (Lipinski definition) is 6. The maximum absolute atomic E-state index is 5.70. The van der Waals surface area contributed by atoms with Crippen LogP contribution in [0.5, 0.6) is 0 Å². The molecule has 2 heterocycles. The fraction of sp³-hybridized carbons (Fsp3) is 0.846. The van der Waals surface area contributed by atoms with Crippen LogP contribution in [0.25, 0.3) is 0 Å². The minimum atomic E-state index is 0.562. The number of ether oxygens (including phenoxy) is 1. The van der Waals surface area contributed by atoms with Crippen molar-refractivity contribution in [3.05, 3.63) is 5.89 Å². The number of nitrogens with zero attached hydrogens (tertiary/aromatic N) is 3. The molecule has 1 N–H and O–H groups in total. The summed E-state index contributed by atoms with van der Waals surface area (Å²) in [4.78, 5) is 2.17. The lowest BCUT2D eigenvalue weighted by Gasteiger charge is -2.30. The van der Waals surface area contributed by atoms with Crippen molar-refractivity contribution in [2.45, 2.75) is 32.7 Å². The van der Waals surface area contributed by atoms with E-state index in [0.29, 0.717) is 24.4 Å². The summed E-state index contributed by atoms with van der Waals surface area (Å²) in [5, 5.41) is 11.5. The van der Waals surface area contributed by atoms with Gasteiger partial charge in [-0.1, -0.05) is 12.0 Å². The van der Waals surface area contributed by atoms with Crippen molar-refractivity contribution in [3.63, 3.8) is 0 Å². The zero-order valence-electron chi connectivity index (χ0n) is 11.9. The summed E-state index contributed by atoms with van der Waals surface area (Å²) >= 11 is 0. The van der Waals surface area contributed by atoms with Gasteiger partial charge in [0.1, 0.15) is 0 Å². The second-order valence-electron chi connectivity index (χ2n) is 5.06. The van der Waals surface area contributed by atoms with Gasteiger partial charge in [-0.3, -0.25) is 0 Å². The van der Waals surface area contributed by atoms with Crippen molar-refractivity contribution in [1.82, 2.24) is 15.5 Å². The van der Waals surface area contributed by atoms with Crippen LogP contribution in [-0.2, 0) is 11.3 Å². The van der Waals surface area contributed by atoms with Gasteiger partial charge >= 0.3 is 6.01 Å². The highest BCUT2D eigenvalue weighted by molar-refractivity contribution is 5.25. The van der Waals surface area contributed by atoms with Gasteiger partial charge in [0, 0.05) is 26.1 Å². The summed E-state index contributed by atoms with van der Waals surface area (Å²) in [6.45, 7) is 6.49. The Hall–Kier alpha value is -1.14. The van der Waals surface area contributed by atoms with E-state index >= 15 is 0 Å². The lowest BCUT2D eigenvalue weighted by Crippen LogP contribution is -2.37. The highest BCUT2D eigenvalue weighted by atomic mass is 16.5. The van der Waals surface area contributed by atoms with Crippen molar-refractivity contribution in [2.24, 2.45) is 5.92 Å². The number of methoxy groups -OCH3 is 1. The van der Waals surface area contributed by atoms with E-state index in [0.717, 1.165) is 39.1 Å². The number of rotatable bonds is 7. The van der Waals surface area contributed by atoms with E-state index in [1.165, 1.54) is 6.42 Å². The van der Waals surface area contributed by atoms with Gasteiger partial charge in [-0.15, -0.1) is 5.10 Å². The van der Waals surface area contributed by atoms with Gasteiger partial charge in [0.05, 0.1) is 13.2 Å². The molecule has 0 aromatic carbocycles. The molecule has 0 bridgehead atoms. The molecule has 0 spiro atoms. The molecule has 1 aliphatic heterocycles. The van der Waals surface area contributed by atoms with Gasteiger partial charge in [0.15, 0.2) is 0 Å². The molecule has 1 aromatic heterocycles. The molecular formula is C13H24N4O2. The van der Waals surface area contributed by atoms with Crippen LogP contribution in [-0.4, -0.2) is 43.5 Å². The van der Waals surface area contributed by atoms with Gasteiger partial charge in [-0.25, -0.2) is 0 Å². The summed E-state index contributed by atoms with van der Waals surface area (Å²) in [7, 11) is 1.75. The quantitative estimate of drug-likeness (QED) is 0.755. The molecule has 0 radical (unpaired) electrons. The molecule has 0 aliphatic carbocycles. The largest absolute Gasteiger partial charge is 0.407 e. The van der Waals surface area contributed by atoms with Crippen molar-refractivity contribution in [1.29, 1.82) is 0 Å². The fourth-order valence-electron chi connectivity index (χ4n) is 2.43. The highest BCUT2D eigenvalue weighted by Crippen LogP contribution is 2.22. The third-order valence-corrected chi connectivity index (χ3v) is 3.35. The predicted molar refractivity (Wildman–Crippen MR) is 73.1 cm³/mol. The molecule has 1 aliphatic rings. The molecular weight excluding hydrogens is 244 g/mol. The Morgan fingerprint density at radius 1 is 1.47 bits per heavy atom. The predicted octanol–water partition coefficient (Wildman–Crippen LogP) is 1.43. The Morgan fingerprint density at radius 3 is 3.16 bits per heavy atom. The van der Waals surface area contributed by atoms with Crippen LogP contribution in [0, 0.1) is 5.92 Å². The second kappa shape index (κ2) is 7.45. The van der Waals surface area contributed by atoms with Crippen LogP contribution >= 0.6 is 0 Å². The molecule has 6 nitrogen and oxygen atoms in total. The lowest BCUT2D eigenvalue weighted by atomic mass is 9.99. The highest BCUT2D eigenvalue weighted by Gasteiger charge is 2.23. The van der Waals surface area contributed by atoms with Gasteiger partial charge in [-0.2, -0.15) is 0 Å². The third kappa shape index (κ3) is 4.18. The molecule has 1 unspecified atom stereocenters. The first-order valence-corrected chi connectivity index (χ1v) is 7.10. The zero-order valence-corrected chi connectivity index (χ0v) is 11.9. The SMILES string of the molecule is CCCNCc1nnc(N2CCCC(COC)C2)o1. The maximum Gasteiger partial charge on any atom is 0.318 e. The van der Waals surface area contributed by atoms with Gasteiger partial charge in [0.25, 0.3) is 0 Å². The van der Waals surface area contributed by atoms with E-state index in [4.69, 9.17) is 9.15 Å². The summed E-state index contributed by atoms with van der Waals surface area (Å²) < 4.78 is 10.9. The van der Waals surface area contributed by atoms with Crippen LogP contribution in [0.15, 0.2) is 4.42 Å². The number of anilines is 1. The molecule has 19 heavy (non-hydrogen) atoms. The topological polar surface area (TPSA) is 63.4 Å². The standard InChI is InChI=1S/C13H24N4O2/c1-3-6-14-8-12-15-16-13(19-12)17-7-4-5-11(9-17)10-18-2/h11,14H,3-10H2,1-2H3. The average molecular weight is 268 g/mol. The summed E-state index contributed by atoms with van der Waals surface area (Å²) in [6, 6.07) is 0.647. The summed E-state index contributed by atoms with van der Waals surface area (Å²) in [5.74, 6) is 1.23. The zero-order chi connectivity index (χ0) is 13.5. The maximum atomic E-state index is 5.70. The van der Waals surface area contributed by atoms with Gasteiger partial charge in [0.2, 0.25) is 5.89 Å². The summed E-state index contributed by atoms with van der Waals surface area (Å²) in [5.41, 5.74) is 0. The Morgan fingerprint density at radius 2 is 2.37 bits per heavy atom. The number of aromatic nitrogens is 2. The Labute approximate surface area is 114 Å². The van der Waals surface area contributed by atoms with E-state index in [9.17, 15) is 0 Å². The molecule has 108 valence electrons. The first-order chi connectivity index (χ1) is 9.33. The van der Waals surface area contributed by atoms with Crippen LogP contribution in [0.3, 0.4) is 0 Å². The molecule has 1 atom stereocenters. The normalized spacial score (nSPS) is 19.9. The monoisotopic (exact) mass is 268 g/mol. The minimum Gasteiger partial charge on any atom is -0.407 e. The number of hydrogen-bond donors (Lipinski definition) is 1. The lowest BCUT2D eigenvalue weighted by molar-refractivity contribution is 0.142. The van der Waals surface area contributed by atoms with Gasteiger partial charge < -0.3 is 19.4 Å². The molecule has 1 aromatic rings. The molecule has 0 amide bonds. The summed E-state index contributed by atoms with van der Waals surface area (Å²) in [6.07, 6.45) is 3.47. The third-order valence-electron chi connectivity index (χ3n) is 3.35. The number of piperidine rings is 1. The van der Waals surface area contributed by atoms with Crippen LogP contribution in [0.4, 0.5) is 6.01 Å². The average Bonchev–Trinajstić information content (AvgIpc) is 2.89. The van der Waals surface area contributed by atoms with E-state index in [2.05, 4.69) is 27.3 Å². The first-order valence-electron chi connectivity index (χ1n) is 7.10. The fourth-order valence-corrected chi connectivity index (χ4v) is 2.43. The first kappa shape index (κ1) is 14.3.